The molecule has 3 N–H and O–H groups in total. The maximum atomic E-state index is 10.9. The van der Waals surface area contributed by atoms with E-state index in [1.54, 1.807) is 6.26 Å². The summed E-state index contributed by atoms with van der Waals surface area (Å²) in [5, 5.41) is 7.56. The van der Waals surface area contributed by atoms with Crippen LogP contribution in [0.3, 0.4) is 0 Å². The van der Waals surface area contributed by atoms with Crippen molar-refractivity contribution >= 4 is 22.3 Å². The highest BCUT2D eigenvalue weighted by Crippen LogP contribution is 2.21. The highest BCUT2D eigenvalue weighted by atomic mass is 32.2. The Morgan fingerprint density at radius 1 is 1.56 bits per heavy atom. The highest BCUT2D eigenvalue weighted by molar-refractivity contribution is 7.84. The van der Waals surface area contributed by atoms with E-state index in [1.807, 2.05) is 18.5 Å². The van der Waals surface area contributed by atoms with Gasteiger partial charge in [-0.1, -0.05) is 0 Å². The molecule has 0 fully saturated rings. The van der Waals surface area contributed by atoms with Crippen LogP contribution in [0.2, 0.25) is 0 Å². The van der Waals surface area contributed by atoms with Gasteiger partial charge in [0.05, 0.1) is 11.4 Å². The van der Waals surface area contributed by atoms with Crippen molar-refractivity contribution in [1.29, 1.82) is 0 Å². The minimum Gasteiger partial charge on any atom is -0.394 e. The first-order chi connectivity index (χ1) is 7.56. The number of nitrogen functional groups attached to an aromatic ring is 1. The fraction of sp³-hybridized carbons (Fsp3) is 0.700. The zero-order valence-corrected chi connectivity index (χ0v) is 10.9. The molecule has 0 bridgehead atoms. The summed E-state index contributed by atoms with van der Waals surface area (Å²) in [5.41, 5.74) is 7.47. The quantitative estimate of drug-likeness (QED) is 0.731. The van der Waals surface area contributed by atoms with E-state index in [0.717, 1.165) is 31.0 Å². The number of rotatable bonds is 6. The van der Waals surface area contributed by atoms with Crippen molar-refractivity contribution < 1.29 is 4.21 Å². The maximum absolute atomic E-state index is 10.9. The lowest BCUT2D eigenvalue weighted by Gasteiger charge is -2.08. The largest absolute Gasteiger partial charge is 0.394 e. The Balaban J connectivity index is 2.55. The van der Waals surface area contributed by atoms with E-state index in [2.05, 4.69) is 10.4 Å². The molecule has 92 valence electrons. The Hall–Kier alpha value is -1.04. The molecule has 1 rings (SSSR count). The SMILES string of the molecule is CCn1nc(C)c(N)c1NCCCS(C)=O. The average Bonchev–Trinajstić information content (AvgIpc) is 2.50. The number of aryl methyl sites for hydroxylation is 2. The fourth-order valence-electron chi connectivity index (χ4n) is 1.49. The van der Waals surface area contributed by atoms with Crippen LogP contribution in [0.5, 0.6) is 0 Å². The van der Waals surface area contributed by atoms with E-state index in [9.17, 15) is 4.21 Å². The second-order valence-electron chi connectivity index (χ2n) is 3.72. The molecule has 0 radical (unpaired) electrons. The topological polar surface area (TPSA) is 72.9 Å². The smallest absolute Gasteiger partial charge is 0.148 e. The van der Waals surface area contributed by atoms with Crippen molar-refractivity contribution in [2.24, 2.45) is 0 Å². The summed E-state index contributed by atoms with van der Waals surface area (Å²) in [7, 11) is -0.724. The van der Waals surface area contributed by atoms with Crippen LogP contribution in [0.25, 0.3) is 0 Å². The van der Waals surface area contributed by atoms with Gasteiger partial charge in [-0.3, -0.25) is 4.21 Å². The Bertz CT molecular complexity index is 375. The third kappa shape index (κ3) is 3.23. The van der Waals surface area contributed by atoms with Crippen LogP contribution in [-0.2, 0) is 17.3 Å². The van der Waals surface area contributed by atoms with Gasteiger partial charge >= 0.3 is 0 Å². The zero-order chi connectivity index (χ0) is 12.1. The Labute approximate surface area is 98.9 Å². The maximum Gasteiger partial charge on any atom is 0.148 e. The van der Waals surface area contributed by atoms with E-state index < -0.39 is 10.8 Å². The van der Waals surface area contributed by atoms with Gasteiger partial charge in [0.15, 0.2) is 0 Å². The first kappa shape index (κ1) is 13.0. The molecule has 0 saturated carbocycles. The lowest BCUT2D eigenvalue weighted by atomic mass is 10.4. The molecule has 0 aliphatic rings. The summed E-state index contributed by atoms with van der Waals surface area (Å²) >= 11 is 0. The Morgan fingerprint density at radius 2 is 2.25 bits per heavy atom. The molecule has 0 aliphatic carbocycles. The molecule has 0 aromatic carbocycles. The Morgan fingerprint density at radius 3 is 2.81 bits per heavy atom. The van der Waals surface area contributed by atoms with E-state index in [1.165, 1.54) is 0 Å². The van der Waals surface area contributed by atoms with Crippen LogP contribution in [0.15, 0.2) is 0 Å². The van der Waals surface area contributed by atoms with Gasteiger partial charge in [-0.2, -0.15) is 5.10 Å². The number of aromatic nitrogens is 2. The van der Waals surface area contributed by atoms with Gasteiger partial charge in [0.25, 0.3) is 0 Å². The normalized spacial score (nSPS) is 12.7. The third-order valence-electron chi connectivity index (χ3n) is 2.37. The van der Waals surface area contributed by atoms with Crippen molar-refractivity contribution in [1.82, 2.24) is 9.78 Å². The van der Waals surface area contributed by atoms with E-state index in [-0.39, 0.29) is 0 Å². The molecule has 0 aliphatic heterocycles. The molecule has 0 spiro atoms. The third-order valence-corrected chi connectivity index (χ3v) is 3.24. The molecule has 16 heavy (non-hydrogen) atoms. The van der Waals surface area contributed by atoms with Gasteiger partial charge in [0.2, 0.25) is 0 Å². The number of hydrogen-bond donors (Lipinski definition) is 2. The summed E-state index contributed by atoms with van der Waals surface area (Å²) in [6, 6.07) is 0. The van der Waals surface area contributed by atoms with Gasteiger partial charge in [0, 0.05) is 35.9 Å². The van der Waals surface area contributed by atoms with Crippen LogP contribution in [0, 0.1) is 6.92 Å². The average molecular weight is 244 g/mol. The number of nitrogens with two attached hydrogens (primary N) is 1. The summed E-state index contributed by atoms with van der Waals surface area (Å²) < 4.78 is 12.7. The lowest BCUT2D eigenvalue weighted by molar-refractivity contribution is 0.656. The van der Waals surface area contributed by atoms with Gasteiger partial charge in [0.1, 0.15) is 5.82 Å². The first-order valence-electron chi connectivity index (χ1n) is 5.43. The minimum atomic E-state index is -0.724. The zero-order valence-electron chi connectivity index (χ0n) is 10.1. The predicted octanol–water partition coefficient (Wildman–Crippen LogP) is 0.974. The molecule has 1 aromatic rings. The monoisotopic (exact) mass is 244 g/mol. The van der Waals surface area contributed by atoms with E-state index in [0.29, 0.717) is 11.4 Å². The second-order valence-corrected chi connectivity index (χ2v) is 5.28. The van der Waals surface area contributed by atoms with E-state index >= 15 is 0 Å². The molecule has 0 saturated heterocycles. The van der Waals surface area contributed by atoms with Gasteiger partial charge < -0.3 is 11.1 Å². The molecule has 0 amide bonds. The predicted molar refractivity (Wildman–Crippen MR) is 69.1 cm³/mol. The van der Waals surface area contributed by atoms with Gasteiger partial charge in [-0.15, -0.1) is 0 Å². The summed E-state index contributed by atoms with van der Waals surface area (Å²) in [6.07, 6.45) is 2.59. The van der Waals surface area contributed by atoms with Crippen molar-refractivity contribution in [2.75, 3.05) is 29.6 Å². The highest BCUT2D eigenvalue weighted by Gasteiger charge is 2.10. The second kappa shape index (κ2) is 5.89. The molecular formula is C10H20N4OS. The van der Waals surface area contributed by atoms with Gasteiger partial charge in [-0.25, -0.2) is 4.68 Å². The van der Waals surface area contributed by atoms with Crippen LogP contribution >= 0.6 is 0 Å². The molecule has 1 heterocycles. The standard InChI is InChI=1S/C10H20N4OS/c1-4-14-10(9(11)8(2)13-14)12-6-5-7-16(3)15/h12H,4-7,11H2,1-3H3. The van der Waals surface area contributed by atoms with Crippen molar-refractivity contribution in [2.45, 2.75) is 26.8 Å². The van der Waals surface area contributed by atoms with Crippen LogP contribution in [0.1, 0.15) is 19.0 Å². The van der Waals surface area contributed by atoms with Crippen LogP contribution in [0.4, 0.5) is 11.5 Å². The number of hydrogen-bond acceptors (Lipinski definition) is 4. The number of anilines is 2. The lowest BCUT2D eigenvalue weighted by Crippen LogP contribution is -2.11. The molecule has 1 unspecified atom stereocenters. The number of nitrogens with one attached hydrogen (secondary N) is 1. The van der Waals surface area contributed by atoms with Crippen molar-refractivity contribution in [3.63, 3.8) is 0 Å². The Kier molecular flexibility index (Phi) is 4.79. The summed E-state index contributed by atoms with van der Waals surface area (Å²) in [4.78, 5) is 0. The van der Waals surface area contributed by atoms with Crippen LogP contribution in [-0.4, -0.2) is 32.5 Å². The molecule has 1 atom stereocenters. The van der Waals surface area contributed by atoms with Crippen molar-refractivity contribution in [3.8, 4) is 0 Å². The molecule has 1 aromatic heterocycles. The number of nitrogens with zero attached hydrogens (tertiary/aromatic N) is 2. The fourth-order valence-corrected chi connectivity index (χ4v) is 2.04. The van der Waals surface area contributed by atoms with E-state index in [4.69, 9.17) is 5.73 Å². The summed E-state index contributed by atoms with van der Waals surface area (Å²) in [6.45, 7) is 5.49. The molecule has 6 heteroatoms. The van der Waals surface area contributed by atoms with Crippen molar-refractivity contribution in [3.05, 3.63) is 5.69 Å². The summed E-state index contributed by atoms with van der Waals surface area (Å²) in [5.74, 6) is 1.59. The first-order valence-corrected chi connectivity index (χ1v) is 7.15. The molecule has 5 nitrogen and oxygen atoms in total. The molecular weight excluding hydrogens is 224 g/mol. The van der Waals surface area contributed by atoms with Crippen LogP contribution < -0.4 is 11.1 Å². The van der Waals surface area contributed by atoms with Gasteiger partial charge in [-0.05, 0) is 20.3 Å². The minimum absolute atomic E-state index is 0.708.